The Hall–Kier alpha value is -1.35. The number of nitrogens with two attached hydrogens (primary N) is 1. The Morgan fingerprint density at radius 2 is 2.12 bits per heavy atom. The van der Waals surface area contributed by atoms with Gasteiger partial charge in [0.2, 0.25) is 5.91 Å². The van der Waals surface area contributed by atoms with Gasteiger partial charge in [-0.2, -0.15) is 0 Å². The molecule has 3 heteroatoms. The van der Waals surface area contributed by atoms with Gasteiger partial charge in [0, 0.05) is 18.5 Å². The van der Waals surface area contributed by atoms with Crippen LogP contribution in [0.15, 0.2) is 36.5 Å². The normalized spacial score (nSPS) is 15.9. The van der Waals surface area contributed by atoms with E-state index < -0.39 is 0 Å². The molecule has 16 heavy (non-hydrogen) atoms. The summed E-state index contributed by atoms with van der Waals surface area (Å²) < 4.78 is 0. The molecule has 0 saturated heterocycles. The Bertz CT molecular complexity index is 290. The predicted octanol–water partition coefficient (Wildman–Crippen LogP) is 1.77. The summed E-state index contributed by atoms with van der Waals surface area (Å²) in [7, 11) is 0. The first-order valence-corrected chi connectivity index (χ1v) is 5.50. The van der Waals surface area contributed by atoms with Crippen LogP contribution in [-0.2, 0) is 4.79 Å². The van der Waals surface area contributed by atoms with E-state index in [9.17, 15) is 4.79 Å². The van der Waals surface area contributed by atoms with Crippen molar-refractivity contribution in [3.05, 3.63) is 36.5 Å². The Morgan fingerprint density at radius 3 is 2.56 bits per heavy atom. The maximum atomic E-state index is 11.6. The molecule has 0 aliphatic heterocycles. The number of amides is 1. The first kappa shape index (κ1) is 14.6. The van der Waals surface area contributed by atoms with Gasteiger partial charge in [-0.1, -0.05) is 37.8 Å². The molecule has 0 bridgehead atoms. The molecule has 0 aromatic heterocycles. The van der Waals surface area contributed by atoms with E-state index in [0.29, 0.717) is 6.54 Å². The highest BCUT2D eigenvalue weighted by molar-refractivity contribution is 5.79. The highest BCUT2D eigenvalue weighted by Crippen LogP contribution is 2.01. The first-order chi connectivity index (χ1) is 7.52. The van der Waals surface area contributed by atoms with E-state index >= 15 is 0 Å². The van der Waals surface area contributed by atoms with Crippen molar-refractivity contribution in [1.29, 1.82) is 0 Å². The molecule has 2 unspecified atom stereocenters. The molecule has 3 nitrogen and oxygen atoms in total. The SMILES string of the molecule is C=C/C=C(\C=C/C)CNC(=O)C(C)C(C)N. The van der Waals surface area contributed by atoms with Crippen LogP contribution < -0.4 is 11.1 Å². The van der Waals surface area contributed by atoms with Gasteiger partial charge in [-0.15, -0.1) is 0 Å². The molecule has 0 radical (unpaired) electrons. The number of hydrogen-bond acceptors (Lipinski definition) is 2. The van der Waals surface area contributed by atoms with Crippen molar-refractivity contribution in [1.82, 2.24) is 5.32 Å². The van der Waals surface area contributed by atoms with E-state index in [1.165, 1.54) is 0 Å². The fourth-order valence-corrected chi connectivity index (χ4v) is 1.13. The van der Waals surface area contributed by atoms with Gasteiger partial charge in [0.15, 0.2) is 0 Å². The molecule has 1 amide bonds. The smallest absolute Gasteiger partial charge is 0.224 e. The third-order valence-corrected chi connectivity index (χ3v) is 2.38. The lowest BCUT2D eigenvalue weighted by molar-refractivity contribution is -0.124. The fourth-order valence-electron chi connectivity index (χ4n) is 1.13. The second kappa shape index (κ2) is 7.88. The zero-order chi connectivity index (χ0) is 12.6. The molecule has 0 fully saturated rings. The quantitative estimate of drug-likeness (QED) is 0.673. The minimum absolute atomic E-state index is 0.0190. The number of hydrogen-bond donors (Lipinski definition) is 2. The molecule has 2 atom stereocenters. The lowest BCUT2D eigenvalue weighted by Crippen LogP contribution is -2.39. The highest BCUT2D eigenvalue weighted by atomic mass is 16.1. The largest absolute Gasteiger partial charge is 0.352 e. The molecule has 0 rings (SSSR count). The second-order valence-electron chi connectivity index (χ2n) is 3.84. The third-order valence-electron chi connectivity index (χ3n) is 2.38. The molecule has 3 N–H and O–H groups in total. The van der Waals surface area contributed by atoms with Crippen molar-refractivity contribution in [3.8, 4) is 0 Å². The number of rotatable bonds is 6. The Labute approximate surface area is 98.1 Å². The van der Waals surface area contributed by atoms with E-state index in [-0.39, 0.29) is 17.9 Å². The van der Waals surface area contributed by atoms with Gasteiger partial charge in [-0.05, 0) is 19.4 Å². The summed E-state index contributed by atoms with van der Waals surface area (Å²) >= 11 is 0. The minimum Gasteiger partial charge on any atom is -0.352 e. The standard InChI is InChI=1S/C13H22N2O/c1-5-7-12(8-6-2)9-15-13(16)10(3)11(4)14/h5-8,10-11H,1,9,14H2,2-4H3,(H,15,16)/b8-6-,12-7+. The number of carbonyl (C=O) groups excluding carboxylic acids is 1. The van der Waals surface area contributed by atoms with E-state index in [1.54, 1.807) is 6.08 Å². The van der Waals surface area contributed by atoms with Crippen LogP contribution in [0.2, 0.25) is 0 Å². The van der Waals surface area contributed by atoms with Gasteiger partial charge in [-0.25, -0.2) is 0 Å². The van der Waals surface area contributed by atoms with E-state index in [1.807, 2.05) is 39.0 Å². The van der Waals surface area contributed by atoms with Crippen molar-refractivity contribution in [2.45, 2.75) is 26.8 Å². The van der Waals surface area contributed by atoms with Crippen molar-refractivity contribution < 1.29 is 4.79 Å². The molecule has 0 aliphatic carbocycles. The predicted molar refractivity (Wildman–Crippen MR) is 68.9 cm³/mol. The van der Waals surface area contributed by atoms with E-state index in [2.05, 4.69) is 11.9 Å². The van der Waals surface area contributed by atoms with Crippen LogP contribution in [-0.4, -0.2) is 18.5 Å². The average molecular weight is 222 g/mol. The Morgan fingerprint density at radius 1 is 1.50 bits per heavy atom. The maximum Gasteiger partial charge on any atom is 0.224 e. The fraction of sp³-hybridized carbons (Fsp3) is 0.462. The number of allylic oxidation sites excluding steroid dienone is 3. The summed E-state index contributed by atoms with van der Waals surface area (Å²) in [5.41, 5.74) is 6.67. The lowest BCUT2D eigenvalue weighted by atomic mass is 10.0. The van der Waals surface area contributed by atoms with Gasteiger partial charge in [0.25, 0.3) is 0 Å². The van der Waals surface area contributed by atoms with Crippen LogP contribution in [0.25, 0.3) is 0 Å². The lowest BCUT2D eigenvalue weighted by Gasteiger charge is -2.15. The van der Waals surface area contributed by atoms with Crippen molar-refractivity contribution in [3.63, 3.8) is 0 Å². The van der Waals surface area contributed by atoms with Crippen LogP contribution in [0, 0.1) is 5.92 Å². The zero-order valence-electron chi connectivity index (χ0n) is 10.4. The monoisotopic (exact) mass is 222 g/mol. The molecule has 0 aromatic carbocycles. The van der Waals surface area contributed by atoms with Crippen LogP contribution in [0.4, 0.5) is 0 Å². The van der Waals surface area contributed by atoms with Crippen LogP contribution in [0.3, 0.4) is 0 Å². The van der Waals surface area contributed by atoms with Gasteiger partial charge < -0.3 is 11.1 Å². The Balaban J connectivity index is 4.27. The maximum absolute atomic E-state index is 11.6. The van der Waals surface area contributed by atoms with E-state index in [4.69, 9.17) is 5.73 Å². The molecule has 90 valence electrons. The molecule has 0 aliphatic rings. The second-order valence-corrected chi connectivity index (χ2v) is 3.84. The number of carbonyl (C=O) groups is 1. The minimum atomic E-state index is -0.171. The third kappa shape index (κ3) is 5.51. The molecule has 0 spiro atoms. The summed E-state index contributed by atoms with van der Waals surface area (Å²) in [6, 6.07) is -0.131. The summed E-state index contributed by atoms with van der Waals surface area (Å²) in [6.07, 6.45) is 7.45. The van der Waals surface area contributed by atoms with Crippen molar-refractivity contribution >= 4 is 5.91 Å². The van der Waals surface area contributed by atoms with Crippen LogP contribution in [0.1, 0.15) is 20.8 Å². The number of nitrogens with one attached hydrogen (secondary N) is 1. The Kier molecular flexibility index (Phi) is 7.21. The van der Waals surface area contributed by atoms with Crippen molar-refractivity contribution in [2.24, 2.45) is 11.7 Å². The molecule has 0 heterocycles. The molecule has 0 aromatic rings. The highest BCUT2D eigenvalue weighted by Gasteiger charge is 2.16. The van der Waals surface area contributed by atoms with Crippen LogP contribution in [0.5, 0.6) is 0 Å². The van der Waals surface area contributed by atoms with Gasteiger partial charge in [0.05, 0.1) is 0 Å². The summed E-state index contributed by atoms with van der Waals surface area (Å²) in [4.78, 5) is 11.6. The van der Waals surface area contributed by atoms with Crippen molar-refractivity contribution in [2.75, 3.05) is 6.54 Å². The van der Waals surface area contributed by atoms with Gasteiger partial charge >= 0.3 is 0 Å². The summed E-state index contributed by atoms with van der Waals surface area (Å²) in [5.74, 6) is -0.190. The van der Waals surface area contributed by atoms with Crippen LogP contribution >= 0.6 is 0 Å². The molecule has 0 saturated carbocycles. The van der Waals surface area contributed by atoms with E-state index in [0.717, 1.165) is 5.57 Å². The molecular formula is C13H22N2O. The summed E-state index contributed by atoms with van der Waals surface area (Å²) in [6.45, 7) is 9.73. The van der Waals surface area contributed by atoms with Gasteiger partial charge in [0.1, 0.15) is 0 Å². The topological polar surface area (TPSA) is 55.1 Å². The summed E-state index contributed by atoms with van der Waals surface area (Å²) in [5, 5.41) is 2.85. The van der Waals surface area contributed by atoms with Gasteiger partial charge in [-0.3, -0.25) is 4.79 Å². The molecular weight excluding hydrogens is 200 g/mol. The zero-order valence-corrected chi connectivity index (χ0v) is 10.4. The first-order valence-electron chi connectivity index (χ1n) is 5.50. The average Bonchev–Trinajstić information content (AvgIpc) is 2.24.